The van der Waals surface area contributed by atoms with Gasteiger partial charge in [0.15, 0.2) is 0 Å². The molecule has 2 aromatic carbocycles. The first kappa shape index (κ1) is 21.2. The maximum Gasteiger partial charge on any atom is 0.119 e. The number of aryl methyl sites for hydroxylation is 1. The summed E-state index contributed by atoms with van der Waals surface area (Å²) in [6.07, 6.45) is 1.08. The molecule has 0 spiro atoms. The third-order valence-corrected chi connectivity index (χ3v) is 4.94. The van der Waals surface area contributed by atoms with Crippen molar-refractivity contribution in [2.75, 3.05) is 13.2 Å². The summed E-state index contributed by atoms with van der Waals surface area (Å²) in [5, 5.41) is 10.6. The zero-order valence-corrected chi connectivity index (χ0v) is 17.5. The van der Waals surface area contributed by atoms with Gasteiger partial charge in [-0.3, -0.25) is 4.90 Å². The van der Waals surface area contributed by atoms with Crippen LogP contribution in [0.1, 0.15) is 42.2 Å². The van der Waals surface area contributed by atoms with E-state index < -0.39 is 6.10 Å². The van der Waals surface area contributed by atoms with Crippen LogP contribution in [0.3, 0.4) is 0 Å². The molecule has 1 atom stereocenters. The molecule has 0 bridgehead atoms. The predicted octanol–water partition coefficient (Wildman–Crippen LogP) is 5.15. The van der Waals surface area contributed by atoms with Gasteiger partial charge in [-0.15, -0.1) is 0 Å². The smallest absolute Gasteiger partial charge is 0.119 e. The first-order valence-electron chi connectivity index (χ1n) is 10.2. The van der Waals surface area contributed by atoms with Crippen LogP contribution in [-0.4, -0.2) is 29.3 Å². The number of benzene rings is 2. The minimum atomic E-state index is -0.597. The monoisotopic (exact) mass is 393 g/mol. The van der Waals surface area contributed by atoms with E-state index in [0.717, 1.165) is 18.1 Å². The lowest BCUT2D eigenvalue weighted by atomic mass is 10.0. The van der Waals surface area contributed by atoms with Crippen LogP contribution in [0.25, 0.3) is 0 Å². The lowest BCUT2D eigenvalue weighted by Crippen LogP contribution is -2.35. The second-order valence-electron chi connectivity index (χ2n) is 7.92. The van der Waals surface area contributed by atoms with Crippen molar-refractivity contribution >= 4 is 0 Å². The Bertz CT molecular complexity index is 839. The maximum absolute atomic E-state index is 10.6. The van der Waals surface area contributed by atoms with Gasteiger partial charge in [-0.2, -0.15) is 0 Å². The van der Waals surface area contributed by atoms with Gasteiger partial charge < -0.3 is 14.3 Å². The Hall–Kier alpha value is -2.56. The highest BCUT2D eigenvalue weighted by molar-refractivity contribution is 5.29. The molecule has 0 saturated heterocycles. The largest absolute Gasteiger partial charge is 0.491 e. The fourth-order valence-corrected chi connectivity index (χ4v) is 3.25. The molecule has 0 saturated carbocycles. The fraction of sp³-hybridized carbons (Fsp3) is 0.360. The molecule has 0 radical (unpaired) electrons. The van der Waals surface area contributed by atoms with Gasteiger partial charge in [0.05, 0.1) is 12.8 Å². The summed E-state index contributed by atoms with van der Waals surface area (Å²) in [5.74, 6) is 2.16. The summed E-state index contributed by atoms with van der Waals surface area (Å²) in [6.45, 7) is 8.55. The number of nitrogens with zero attached hydrogens (tertiary/aromatic N) is 1. The lowest BCUT2D eigenvalue weighted by molar-refractivity contribution is 0.0604. The molecule has 29 heavy (non-hydrogen) atoms. The van der Waals surface area contributed by atoms with Crippen molar-refractivity contribution in [3.05, 3.63) is 89.4 Å². The van der Waals surface area contributed by atoms with Crippen LogP contribution >= 0.6 is 0 Å². The Balaban J connectivity index is 1.57. The van der Waals surface area contributed by atoms with Crippen LogP contribution in [-0.2, 0) is 13.1 Å². The van der Waals surface area contributed by atoms with Gasteiger partial charge in [0, 0.05) is 13.1 Å². The fourth-order valence-electron chi connectivity index (χ4n) is 3.25. The molecule has 3 rings (SSSR count). The van der Waals surface area contributed by atoms with E-state index in [0.29, 0.717) is 19.0 Å². The zero-order chi connectivity index (χ0) is 20.6. The number of rotatable bonds is 10. The van der Waals surface area contributed by atoms with Crippen LogP contribution in [0.4, 0.5) is 0 Å². The Labute approximate surface area is 173 Å². The van der Waals surface area contributed by atoms with Crippen LogP contribution < -0.4 is 4.74 Å². The Morgan fingerprint density at radius 3 is 2.31 bits per heavy atom. The number of furan rings is 1. The second kappa shape index (κ2) is 10.3. The molecule has 1 N–H and O–H groups in total. The van der Waals surface area contributed by atoms with Crippen molar-refractivity contribution in [2.45, 2.75) is 45.9 Å². The van der Waals surface area contributed by atoms with Gasteiger partial charge in [-0.1, -0.05) is 55.8 Å². The summed E-state index contributed by atoms with van der Waals surface area (Å²) >= 11 is 0. The van der Waals surface area contributed by atoms with Gasteiger partial charge in [0.1, 0.15) is 24.2 Å². The molecule has 0 fully saturated rings. The highest BCUT2D eigenvalue weighted by Crippen LogP contribution is 2.19. The van der Waals surface area contributed by atoms with Crippen LogP contribution in [0.5, 0.6) is 5.75 Å². The number of ether oxygens (including phenoxy) is 1. The van der Waals surface area contributed by atoms with E-state index in [4.69, 9.17) is 9.15 Å². The van der Waals surface area contributed by atoms with Crippen molar-refractivity contribution in [3.63, 3.8) is 0 Å². The molecule has 1 aromatic heterocycles. The summed E-state index contributed by atoms with van der Waals surface area (Å²) in [5.41, 5.74) is 3.73. The van der Waals surface area contributed by atoms with E-state index in [1.807, 2.05) is 24.3 Å². The third-order valence-electron chi connectivity index (χ3n) is 4.94. The highest BCUT2D eigenvalue weighted by atomic mass is 16.5. The first-order chi connectivity index (χ1) is 14.0. The summed E-state index contributed by atoms with van der Waals surface area (Å²) in [4.78, 5) is 2.18. The summed E-state index contributed by atoms with van der Waals surface area (Å²) < 4.78 is 11.3. The number of aliphatic hydroxyl groups excluding tert-OH is 1. The molecule has 154 valence electrons. The van der Waals surface area contributed by atoms with E-state index in [1.165, 1.54) is 16.7 Å². The average Bonchev–Trinajstić information content (AvgIpc) is 3.21. The molecule has 1 unspecified atom stereocenters. The van der Waals surface area contributed by atoms with Crippen molar-refractivity contribution in [1.29, 1.82) is 0 Å². The zero-order valence-electron chi connectivity index (χ0n) is 17.5. The molecule has 4 heteroatoms. The minimum absolute atomic E-state index is 0.254. The second-order valence-corrected chi connectivity index (χ2v) is 7.92. The van der Waals surface area contributed by atoms with Crippen molar-refractivity contribution in [2.24, 2.45) is 0 Å². The van der Waals surface area contributed by atoms with E-state index in [9.17, 15) is 5.11 Å². The van der Waals surface area contributed by atoms with E-state index in [-0.39, 0.29) is 6.61 Å². The highest BCUT2D eigenvalue weighted by Gasteiger charge is 2.15. The van der Waals surface area contributed by atoms with Gasteiger partial charge in [0.25, 0.3) is 0 Å². The summed E-state index contributed by atoms with van der Waals surface area (Å²) in [7, 11) is 0. The Kier molecular flexibility index (Phi) is 7.50. The van der Waals surface area contributed by atoms with Crippen LogP contribution in [0, 0.1) is 6.92 Å². The summed E-state index contributed by atoms with van der Waals surface area (Å²) in [6, 6.07) is 20.4. The van der Waals surface area contributed by atoms with E-state index in [2.05, 4.69) is 62.1 Å². The average molecular weight is 394 g/mol. The quantitative estimate of drug-likeness (QED) is 0.517. The first-order valence-corrected chi connectivity index (χ1v) is 10.2. The van der Waals surface area contributed by atoms with Crippen molar-refractivity contribution < 1.29 is 14.3 Å². The molecule has 0 amide bonds. The van der Waals surface area contributed by atoms with Crippen molar-refractivity contribution in [3.8, 4) is 5.75 Å². The van der Waals surface area contributed by atoms with Crippen LogP contribution in [0.2, 0.25) is 0 Å². The number of hydrogen-bond donors (Lipinski definition) is 1. The number of hydrogen-bond acceptors (Lipinski definition) is 4. The molecule has 1 heterocycles. The van der Waals surface area contributed by atoms with Gasteiger partial charge in [0.2, 0.25) is 0 Å². The van der Waals surface area contributed by atoms with Crippen molar-refractivity contribution in [1.82, 2.24) is 4.90 Å². The molecule has 0 aliphatic rings. The lowest BCUT2D eigenvalue weighted by Gasteiger charge is -2.24. The topological polar surface area (TPSA) is 45.8 Å². The Morgan fingerprint density at radius 1 is 0.966 bits per heavy atom. The molecular formula is C25H31NO3. The van der Waals surface area contributed by atoms with Crippen LogP contribution in [0.15, 0.2) is 71.3 Å². The van der Waals surface area contributed by atoms with E-state index in [1.54, 1.807) is 6.26 Å². The molecule has 4 nitrogen and oxygen atoms in total. The standard InChI is InChI=1S/C25H31NO3/c1-19(2)22-10-12-24(13-11-22)29-18-23(27)16-26(17-25-5-4-14-28-25)15-21-8-6-20(3)7-9-21/h4-14,19,23,27H,15-18H2,1-3H3. The Morgan fingerprint density at radius 2 is 1.69 bits per heavy atom. The van der Waals surface area contributed by atoms with Gasteiger partial charge in [-0.05, 0) is 48.2 Å². The normalized spacial score (nSPS) is 12.5. The van der Waals surface area contributed by atoms with Gasteiger partial charge in [-0.25, -0.2) is 0 Å². The van der Waals surface area contributed by atoms with E-state index >= 15 is 0 Å². The SMILES string of the molecule is Cc1ccc(CN(Cc2ccco2)CC(O)COc2ccc(C(C)C)cc2)cc1. The third kappa shape index (κ3) is 6.77. The number of aliphatic hydroxyl groups is 1. The molecule has 0 aliphatic heterocycles. The predicted molar refractivity (Wildman–Crippen MR) is 116 cm³/mol. The molecule has 3 aromatic rings. The molecule has 0 aliphatic carbocycles. The maximum atomic E-state index is 10.6. The molecular weight excluding hydrogens is 362 g/mol. The van der Waals surface area contributed by atoms with Gasteiger partial charge >= 0.3 is 0 Å². The minimum Gasteiger partial charge on any atom is -0.491 e.